The fourth-order valence-corrected chi connectivity index (χ4v) is 5.70. The lowest BCUT2D eigenvalue weighted by Gasteiger charge is -2.21. The van der Waals surface area contributed by atoms with Crippen LogP contribution in [0.15, 0.2) is 88.7 Å². The maximum atomic E-state index is 6.33. The fourth-order valence-electron chi connectivity index (χ4n) is 4.00. The number of anilines is 1. The van der Waals surface area contributed by atoms with E-state index in [4.69, 9.17) is 26.7 Å². The fraction of sp³-hybridized carbons (Fsp3) is 0.0800. The molecule has 1 atom stereocenters. The zero-order chi connectivity index (χ0) is 21.5. The van der Waals surface area contributed by atoms with Gasteiger partial charge in [-0.1, -0.05) is 54.1 Å². The first-order valence-corrected chi connectivity index (χ1v) is 12.4. The molecule has 0 spiro atoms. The number of fused-ring (bicyclic) bond motifs is 1. The lowest BCUT2D eigenvalue weighted by atomic mass is 10.1. The lowest BCUT2D eigenvalue weighted by Crippen LogP contribution is -2.20. The van der Waals surface area contributed by atoms with Crippen LogP contribution in [0.2, 0.25) is 5.02 Å². The van der Waals surface area contributed by atoms with Crippen LogP contribution in [0.3, 0.4) is 0 Å². The number of halogens is 1. The summed E-state index contributed by atoms with van der Waals surface area (Å²) < 4.78 is 0. The first-order chi connectivity index (χ1) is 15.8. The van der Waals surface area contributed by atoms with Crippen LogP contribution in [-0.2, 0) is 0 Å². The number of nitrogens with zero attached hydrogens (tertiary/aromatic N) is 4. The molecule has 0 radical (unpaired) electrons. The zero-order valence-electron chi connectivity index (χ0n) is 16.9. The lowest BCUT2D eigenvalue weighted by molar-refractivity contribution is 0.700. The van der Waals surface area contributed by atoms with Gasteiger partial charge in [-0.05, 0) is 41.1 Å². The SMILES string of the molecule is Clc1ccc2c(-c3ccccc3)nc(N3N=C(c4cccs4)C[C@@H]3c3cccs3)nc2c1. The van der Waals surface area contributed by atoms with Crippen molar-refractivity contribution >= 4 is 56.8 Å². The van der Waals surface area contributed by atoms with Gasteiger partial charge in [-0.2, -0.15) is 5.10 Å². The van der Waals surface area contributed by atoms with Crippen molar-refractivity contribution < 1.29 is 0 Å². The van der Waals surface area contributed by atoms with E-state index >= 15 is 0 Å². The van der Waals surface area contributed by atoms with Gasteiger partial charge in [-0.25, -0.2) is 15.0 Å². The average Bonchev–Trinajstić information content (AvgIpc) is 3.60. The Morgan fingerprint density at radius 3 is 2.50 bits per heavy atom. The van der Waals surface area contributed by atoms with Crippen molar-refractivity contribution in [3.63, 3.8) is 0 Å². The predicted octanol–water partition coefficient (Wildman–Crippen LogP) is 7.43. The van der Waals surface area contributed by atoms with Crippen LogP contribution in [0.1, 0.15) is 22.2 Å². The predicted molar refractivity (Wildman–Crippen MR) is 135 cm³/mol. The minimum atomic E-state index is 0.0624. The van der Waals surface area contributed by atoms with E-state index < -0.39 is 0 Å². The molecule has 0 unspecified atom stereocenters. The molecule has 4 nitrogen and oxygen atoms in total. The summed E-state index contributed by atoms with van der Waals surface area (Å²) in [5.74, 6) is 0.587. The quantitative estimate of drug-likeness (QED) is 0.273. The van der Waals surface area contributed by atoms with E-state index in [2.05, 4.69) is 47.2 Å². The second-order valence-electron chi connectivity index (χ2n) is 7.50. The van der Waals surface area contributed by atoms with Crippen LogP contribution in [0, 0.1) is 0 Å². The Bertz CT molecular complexity index is 1410. The first kappa shape index (κ1) is 19.6. The molecule has 32 heavy (non-hydrogen) atoms. The molecule has 0 saturated heterocycles. The second kappa shape index (κ2) is 8.13. The van der Waals surface area contributed by atoms with Gasteiger partial charge in [0.1, 0.15) is 0 Å². The van der Waals surface area contributed by atoms with Crippen molar-refractivity contribution in [1.29, 1.82) is 0 Å². The first-order valence-electron chi connectivity index (χ1n) is 10.2. The number of hydrogen-bond donors (Lipinski definition) is 0. The summed E-state index contributed by atoms with van der Waals surface area (Å²) in [4.78, 5) is 12.4. The third kappa shape index (κ3) is 3.50. The molecule has 156 valence electrons. The van der Waals surface area contributed by atoms with Crippen molar-refractivity contribution in [3.8, 4) is 11.3 Å². The summed E-state index contributed by atoms with van der Waals surface area (Å²) in [6, 6.07) is 24.5. The Labute approximate surface area is 198 Å². The van der Waals surface area contributed by atoms with Gasteiger partial charge in [-0.3, -0.25) is 0 Å². The van der Waals surface area contributed by atoms with Gasteiger partial charge in [0, 0.05) is 27.3 Å². The summed E-state index contributed by atoms with van der Waals surface area (Å²) in [7, 11) is 0. The maximum Gasteiger partial charge on any atom is 0.247 e. The molecule has 0 fully saturated rings. The second-order valence-corrected chi connectivity index (χ2v) is 9.87. The van der Waals surface area contributed by atoms with Crippen LogP contribution < -0.4 is 5.01 Å². The molecule has 5 aromatic rings. The smallest absolute Gasteiger partial charge is 0.223 e. The number of benzene rings is 2. The molecule has 0 saturated carbocycles. The molecule has 4 heterocycles. The van der Waals surface area contributed by atoms with Gasteiger partial charge in [0.2, 0.25) is 5.95 Å². The van der Waals surface area contributed by atoms with E-state index in [1.807, 2.05) is 41.4 Å². The minimum absolute atomic E-state index is 0.0624. The van der Waals surface area contributed by atoms with Crippen LogP contribution in [0.5, 0.6) is 0 Å². The normalized spacial score (nSPS) is 16.0. The van der Waals surface area contributed by atoms with Crippen molar-refractivity contribution in [1.82, 2.24) is 9.97 Å². The van der Waals surface area contributed by atoms with Crippen molar-refractivity contribution in [2.45, 2.75) is 12.5 Å². The standard InChI is InChI=1S/C25H17ClN4S2/c26-17-10-11-18-19(14-17)27-25(28-24(18)16-6-2-1-3-7-16)30-21(23-9-5-13-32-23)15-20(29-30)22-8-4-12-31-22/h1-14,21H,15H2/t21-/m1/s1. The molecule has 1 aliphatic rings. The summed E-state index contributed by atoms with van der Waals surface area (Å²) in [5, 5.41) is 12.8. The van der Waals surface area contributed by atoms with Crippen molar-refractivity contribution in [3.05, 3.63) is 98.3 Å². The monoisotopic (exact) mass is 472 g/mol. The molecule has 1 aliphatic heterocycles. The van der Waals surface area contributed by atoms with E-state index in [1.165, 1.54) is 9.75 Å². The number of hydrogen-bond acceptors (Lipinski definition) is 6. The highest BCUT2D eigenvalue weighted by atomic mass is 35.5. The molecular formula is C25H17ClN4S2. The summed E-state index contributed by atoms with van der Waals surface area (Å²) in [6.45, 7) is 0. The molecule has 2 aromatic carbocycles. The van der Waals surface area contributed by atoms with Crippen molar-refractivity contribution in [2.24, 2.45) is 5.10 Å². The Kier molecular flexibility index (Phi) is 4.98. The van der Waals surface area contributed by atoms with Gasteiger partial charge in [0.25, 0.3) is 0 Å². The highest BCUT2D eigenvalue weighted by Gasteiger charge is 2.33. The largest absolute Gasteiger partial charge is 0.247 e. The highest BCUT2D eigenvalue weighted by Crippen LogP contribution is 2.39. The molecule has 7 heteroatoms. The van der Waals surface area contributed by atoms with E-state index in [0.717, 1.165) is 34.3 Å². The summed E-state index contributed by atoms with van der Waals surface area (Å²) >= 11 is 9.78. The van der Waals surface area contributed by atoms with Crippen LogP contribution in [0.4, 0.5) is 5.95 Å². The van der Waals surface area contributed by atoms with Crippen LogP contribution >= 0.6 is 34.3 Å². The number of aromatic nitrogens is 2. The number of rotatable bonds is 4. The number of hydrazone groups is 1. The van der Waals surface area contributed by atoms with E-state index in [1.54, 1.807) is 22.7 Å². The molecule has 3 aromatic heterocycles. The van der Waals surface area contributed by atoms with E-state index in [-0.39, 0.29) is 6.04 Å². The molecular weight excluding hydrogens is 456 g/mol. The third-order valence-electron chi connectivity index (χ3n) is 5.49. The van der Waals surface area contributed by atoms with E-state index in [9.17, 15) is 0 Å². The van der Waals surface area contributed by atoms with E-state index in [0.29, 0.717) is 11.0 Å². The maximum absolute atomic E-state index is 6.33. The third-order valence-corrected chi connectivity index (χ3v) is 7.61. The Hall–Kier alpha value is -3.06. The van der Waals surface area contributed by atoms with Gasteiger partial charge in [0.15, 0.2) is 0 Å². The van der Waals surface area contributed by atoms with Gasteiger partial charge < -0.3 is 0 Å². The minimum Gasteiger partial charge on any atom is -0.223 e. The summed E-state index contributed by atoms with van der Waals surface area (Å²) in [6.07, 6.45) is 0.818. The van der Waals surface area contributed by atoms with Crippen LogP contribution in [0.25, 0.3) is 22.2 Å². The van der Waals surface area contributed by atoms with Gasteiger partial charge in [0.05, 0.1) is 27.8 Å². The number of thiophene rings is 2. The topological polar surface area (TPSA) is 41.4 Å². The van der Waals surface area contributed by atoms with Crippen LogP contribution in [-0.4, -0.2) is 15.7 Å². The Morgan fingerprint density at radius 2 is 1.72 bits per heavy atom. The summed E-state index contributed by atoms with van der Waals surface area (Å²) in [5.41, 5.74) is 3.80. The molecule has 0 amide bonds. The zero-order valence-corrected chi connectivity index (χ0v) is 19.2. The highest BCUT2D eigenvalue weighted by molar-refractivity contribution is 7.12. The van der Waals surface area contributed by atoms with Crippen molar-refractivity contribution in [2.75, 3.05) is 5.01 Å². The van der Waals surface area contributed by atoms with Gasteiger partial charge in [-0.15, -0.1) is 22.7 Å². The Balaban J connectivity index is 1.55. The molecule has 0 aliphatic carbocycles. The molecule has 0 N–H and O–H groups in total. The van der Waals surface area contributed by atoms with Gasteiger partial charge >= 0.3 is 0 Å². The molecule has 6 rings (SSSR count). The Morgan fingerprint density at radius 1 is 0.875 bits per heavy atom. The average molecular weight is 473 g/mol. The molecule has 0 bridgehead atoms.